The molecule has 0 amide bonds. The van der Waals surface area contributed by atoms with E-state index in [-0.39, 0.29) is 0 Å². The minimum atomic E-state index is -5.17. The number of aliphatic hydroxyl groups is 4. The van der Waals surface area contributed by atoms with Gasteiger partial charge in [-0.2, -0.15) is 0 Å². The molecule has 11 heteroatoms. The van der Waals surface area contributed by atoms with E-state index >= 15 is 0 Å². The minimum absolute atomic E-state index is 0.510. The van der Waals surface area contributed by atoms with Crippen molar-refractivity contribution in [2.75, 3.05) is 23.0 Å². The molecule has 0 atom stereocenters. The lowest BCUT2D eigenvalue weighted by molar-refractivity contribution is -0.0195. The summed E-state index contributed by atoms with van der Waals surface area (Å²) in [5, 5.41) is 34.4. The molecule has 0 rings (SSSR count). The molecule has 0 radical (unpaired) electrons. The van der Waals surface area contributed by atoms with E-state index in [1.165, 1.54) is 113 Å². The van der Waals surface area contributed by atoms with Gasteiger partial charge in [0.1, 0.15) is 11.5 Å². The summed E-state index contributed by atoms with van der Waals surface area (Å²) in [5.74, 6) is 3.25. The van der Waals surface area contributed by atoms with Crippen LogP contribution in [0.1, 0.15) is 104 Å². The molecule has 33 heavy (non-hydrogen) atoms. The van der Waals surface area contributed by atoms with Crippen LogP contribution in [0.4, 0.5) is 0 Å². The molecule has 0 aliphatic carbocycles. The zero-order valence-electron chi connectivity index (χ0n) is 20.6. The van der Waals surface area contributed by atoms with E-state index < -0.39 is 23.0 Å². The zero-order valence-corrected chi connectivity index (χ0v) is 23.2. The molecular formula is C22H50O8S3. The zero-order chi connectivity index (χ0) is 25.8. The first-order valence-corrected chi connectivity index (χ1v) is 16.1. The Morgan fingerprint density at radius 1 is 0.576 bits per heavy atom. The van der Waals surface area contributed by atoms with Crippen molar-refractivity contribution in [1.82, 2.24) is 0 Å². The Balaban J connectivity index is -0.000000453. The highest BCUT2D eigenvalue weighted by molar-refractivity contribution is 7.79. The highest BCUT2D eigenvalue weighted by atomic mass is 32.3. The van der Waals surface area contributed by atoms with E-state index in [1.54, 1.807) is 0 Å². The van der Waals surface area contributed by atoms with Crippen LogP contribution in [0.5, 0.6) is 0 Å². The third-order valence-electron chi connectivity index (χ3n) is 4.42. The fourth-order valence-electron chi connectivity index (χ4n) is 2.77. The molecule has 0 aromatic carbocycles. The lowest BCUT2D eigenvalue weighted by Crippen LogP contribution is -2.13. The average molecular weight is 539 g/mol. The third kappa shape index (κ3) is 59.7. The van der Waals surface area contributed by atoms with Gasteiger partial charge in [0.2, 0.25) is 0 Å². The lowest BCUT2D eigenvalue weighted by atomic mass is 10.1. The molecule has 0 bridgehead atoms. The summed E-state index contributed by atoms with van der Waals surface area (Å²) >= 11 is 2.35. The summed E-state index contributed by atoms with van der Waals surface area (Å²) in [4.78, 5) is 0. The standard InChI is InChI=1S/2C11H24O2S.H2O4S/c2*1-2-3-4-5-6-7-8-9-14-10-11(12)13;1-5(2,3)4/h2*11-13H,2-10H2,1H3;(H2,1,2,3,4). The van der Waals surface area contributed by atoms with Crippen LogP contribution in [0, 0.1) is 0 Å². The Labute approximate surface area is 210 Å². The van der Waals surface area contributed by atoms with Gasteiger partial charge in [0.25, 0.3) is 0 Å². The Morgan fingerprint density at radius 3 is 1.06 bits per heavy atom. The van der Waals surface area contributed by atoms with E-state index in [1.807, 2.05) is 0 Å². The quantitative estimate of drug-likeness (QED) is 0.0459. The molecule has 0 fully saturated rings. The van der Waals surface area contributed by atoms with Crippen LogP contribution in [-0.4, -0.2) is 73.5 Å². The summed E-state index contributed by atoms with van der Waals surface area (Å²) in [7, 11) is -5.17. The molecule has 4 N–H and O–H groups in total. The molecule has 8 nitrogen and oxygen atoms in total. The van der Waals surface area contributed by atoms with Crippen LogP contribution in [0.15, 0.2) is 0 Å². The summed E-state index contributed by atoms with van der Waals surface area (Å²) in [6, 6.07) is 0. The SMILES string of the molecule is CCCCCCCCC[SH+]CC(O)O.CCCCCCCCC[SH+]CC(O)O.O=S(=O)([O-])[O-]. The molecule has 0 spiro atoms. The molecule has 0 aromatic rings. The van der Waals surface area contributed by atoms with Gasteiger partial charge in [0.05, 0.1) is 0 Å². The van der Waals surface area contributed by atoms with Crippen molar-refractivity contribution < 1.29 is 37.9 Å². The van der Waals surface area contributed by atoms with Gasteiger partial charge in [-0.1, -0.05) is 78.1 Å². The summed E-state index contributed by atoms with van der Waals surface area (Å²) < 4.78 is 34.1. The van der Waals surface area contributed by atoms with Gasteiger partial charge in [0, 0.05) is 10.4 Å². The van der Waals surface area contributed by atoms with Crippen molar-refractivity contribution in [2.45, 2.75) is 116 Å². The van der Waals surface area contributed by atoms with E-state index in [0.717, 1.165) is 11.5 Å². The van der Waals surface area contributed by atoms with Crippen molar-refractivity contribution in [1.29, 1.82) is 0 Å². The number of aliphatic hydroxyl groups excluding tert-OH is 2. The molecule has 0 saturated carbocycles. The maximum Gasteiger partial charge on any atom is 0.197 e. The fraction of sp³-hybridized carbons (Fsp3) is 1.00. The second-order valence-corrected chi connectivity index (χ2v) is 11.2. The smallest absolute Gasteiger partial charge is 0.197 e. The van der Waals surface area contributed by atoms with E-state index in [0.29, 0.717) is 11.5 Å². The summed E-state index contributed by atoms with van der Waals surface area (Å²) in [5.41, 5.74) is 0. The van der Waals surface area contributed by atoms with Crippen molar-refractivity contribution in [2.24, 2.45) is 0 Å². The minimum Gasteiger partial charge on any atom is -0.759 e. The van der Waals surface area contributed by atoms with Crippen LogP contribution >= 0.6 is 0 Å². The van der Waals surface area contributed by atoms with Gasteiger partial charge in [-0.15, -0.1) is 0 Å². The van der Waals surface area contributed by atoms with Gasteiger partial charge < -0.3 is 29.5 Å². The lowest BCUT2D eigenvalue weighted by Gasteiger charge is -2.06. The van der Waals surface area contributed by atoms with Gasteiger partial charge in [-0.05, 0) is 49.2 Å². The molecule has 0 saturated heterocycles. The second kappa shape index (κ2) is 30.4. The monoisotopic (exact) mass is 538 g/mol. The highest BCUT2D eigenvalue weighted by Gasteiger charge is 2.04. The predicted octanol–water partition coefficient (Wildman–Crippen LogP) is 2.39. The third-order valence-corrected chi connectivity index (χ3v) is 6.86. The second-order valence-electron chi connectivity index (χ2n) is 7.87. The number of thiol groups is 2. The van der Waals surface area contributed by atoms with E-state index in [9.17, 15) is 0 Å². The Bertz CT molecular complexity index is 415. The van der Waals surface area contributed by atoms with Crippen LogP contribution in [0.25, 0.3) is 0 Å². The predicted molar refractivity (Wildman–Crippen MR) is 140 cm³/mol. The number of rotatable bonds is 20. The molecule has 0 heterocycles. The highest BCUT2D eigenvalue weighted by Crippen LogP contribution is 2.07. The van der Waals surface area contributed by atoms with E-state index in [4.69, 9.17) is 37.9 Å². The molecule has 0 unspecified atom stereocenters. The van der Waals surface area contributed by atoms with Gasteiger partial charge in [-0.25, -0.2) is 0 Å². The summed E-state index contributed by atoms with van der Waals surface area (Å²) in [6.07, 6.45) is 16.4. The molecule has 0 aromatic heterocycles. The summed E-state index contributed by atoms with van der Waals surface area (Å²) in [6.45, 7) is 4.47. The van der Waals surface area contributed by atoms with Gasteiger partial charge in [0.15, 0.2) is 24.1 Å². The van der Waals surface area contributed by atoms with Gasteiger partial charge in [-0.3, -0.25) is 8.42 Å². The maximum absolute atomic E-state index is 8.60. The molecule has 204 valence electrons. The van der Waals surface area contributed by atoms with Gasteiger partial charge >= 0.3 is 0 Å². The van der Waals surface area contributed by atoms with Crippen molar-refractivity contribution in [3.8, 4) is 0 Å². The number of unbranched alkanes of at least 4 members (excludes halogenated alkanes) is 12. The largest absolute Gasteiger partial charge is 0.759 e. The van der Waals surface area contributed by atoms with Crippen LogP contribution in [-0.2, 0) is 33.9 Å². The topological polar surface area (TPSA) is 161 Å². The van der Waals surface area contributed by atoms with Crippen LogP contribution in [0.3, 0.4) is 0 Å². The first-order chi connectivity index (χ1) is 15.5. The fourth-order valence-corrected chi connectivity index (χ4v) is 4.50. The number of hydrogen-bond donors (Lipinski definition) is 4. The van der Waals surface area contributed by atoms with Crippen LogP contribution in [0.2, 0.25) is 0 Å². The van der Waals surface area contributed by atoms with Crippen molar-refractivity contribution >= 4 is 33.9 Å². The first kappa shape index (κ1) is 37.9. The Hall–Kier alpha value is 0.410. The Morgan fingerprint density at radius 2 is 0.818 bits per heavy atom. The molecular weight excluding hydrogens is 488 g/mol. The molecule has 0 aliphatic heterocycles. The molecule has 0 aliphatic rings. The Kier molecular flexibility index (Phi) is 35.0. The normalized spacial score (nSPS) is 11.2. The maximum atomic E-state index is 8.60. The van der Waals surface area contributed by atoms with Crippen LogP contribution < -0.4 is 0 Å². The first-order valence-electron chi connectivity index (χ1n) is 12.2. The van der Waals surface area contributed by atoms with Crippen molar-refractivity contribution in [3.63, 3.8) is 0 Å². The average Bonchev–Trinajstić information content (AvgIpc) is 2.70. The van der Waals surface area contributed by atoms with Crippen molar-refractivity contribution in [3.05, 3.63) is 0 Å². The van der Waals surface area contributed by atoms with E-state index in [2.05, 4.69) is 13.8 Å². The number of hydrogen-bond acceptors (Lipinski definition) is 8.